The van der Waals surface area contributed by atoms with Gasteiger partial charge in [0.15, 0.2) is 0 Å². The Bertz CT molecular complexity index is 235. The van der Waals surface area contributed by atoms with Crippen LogP contribution in [-0.2, 0) is 12.3 Å². The fourth-order valence-corrected chi connectivity index (χ4v) is 11.5. The zero-order valence-corrected chi connectivity index (χ0v) is 12.6. The average Bonchev–Trinajstić information content (AvgIpc) is 2.19. The van der Waals surface area contributed by atoms with Gasteiger partial charge in [-0.15, -0.1) is 19.7 Å². The normalized spacial score (nSPS) is 26.0. The molecule has 0 aromatic rings. The van der Waals surface area contributed by atoms with Crippen molar-refractivity contribution in [1.82, 2.24) is 0 Å². The molecule has 1 unspecified atom stereocenters. The summed E-state index contributed by atoms with van der Waals surface area (Å²) in [6, 6.07) is 2.52. The molecular formula is C9H18O3Si3. The highest BCUT2D eigenvalue weighted by atomic mass is 28.5. The lowest BCUT2D eigenvalue weighted by Gasteiger charge is -2.37. The molecule has 0 amide bonds. The average molecular weight is 258 g/mol. The minimum Gasteiger partial charge on any atom is -0.422 e. The molecule has 1 fully saturated rings. The Balaban J connectivity index is 2.64. The predicted octanol–water partition coefficient (Wildman–Crippen LogP) is 1.27. The molecule has 0 aromatic carbocycles. The lowest BCUT2D eigenvalue weighted by atomic mass is 10.7. The van der Waals surface area contributed by atoms with Gasteiger partial charge >= 0.3 is 17.8 Å². The first-order chi connectivity index (χ1) is 7.26. The van der Waals surface area contributed by atoms with Gasteiger partial charge in [0.2, 0.25) is 0 Å². The summed E-state index contributed by atoms with van der Waals surface area (Å²) in [6.45, 7) is 11.2. The highest BCUT2D eigenvalue weighted by Gasteiger charge is 2.41. The highest BCUT2D eigenvalue weighted by molar-refractivity contribution is 6.80. The van der Waals surface area contributed by atoms with Crippen LogP contribution in [0.4, 0.5) is 0 Å². The molecule has 1 aliphatic rings. The fraction of sp³-hybridized carbons (Fsp3) is 0.333. The molecule has 1 saturated heterocycles. The quantitative estimate of drug-likeness (QED) is 0.530. The van der Waals surface area contributed by atoms with E-state index in [1.54, 1.807) is 0 Å². The summed E-state index contributed by atoms with van der Waals surface area (Å²) in [6.07, 6.45) is 5.64. The Morgan fingerprint density at radius 3 is 2.33 bits per heavy atom. The zero-order chi connectivity index (χ0) is 11.1. The Morgan fingerprint density at radius 2 is 1.80 bits per heavy atom. The smallest absolute Gasteiger partial charge is 0.327 e. The predicted molar refractivity (Wildman–Crippen MR) is 69.7 cm³/mol. The lowest BCUT2D eigenvalue weighted by molar-refractivity contribution is 0.280. The van der Waals surface area contributed by atoms with Crippen molar-refractivity contribution in [2.75, 3.05) is 0 Å². The molecule has 0 saturated carbocycles. The first-order valence-corrected chi connectivity index (χ1v) is 10.2. The van der Waals surface area contributed by atoms with Gasteiger partial charge in [0.1, 0.15) is 0 Å². The van der Waals surface area contributed by atoms with Gasteiger partial charge in [-0.2, -0.15) is 0 Å². The van der Waals surface area contributed by atoms with E-state index in [9.17, 15) is 0 Å². The summed E-state index contributed by atoms with van der Waals surface area (Å²) in [5.41, 5.74) is 0. The summed E-state index contributed by atoms with van der Waals surface area (Å²) < 4.78 is 17.5. The van der Waals surface area contributed by atoms with E-state index in [1.807, 2.05) is 18.2 Å². The number of rotatable bonds is 6. The number of hydrogen-bond acceptors (Lipinski definition) is 3. The van der Waals surface area contributed by atoms with Crippen LogP contribution in [0, 0.1) is 0 Å². The molecule has 0 spiro atoms. The molecule has 84 valence electrons. The SMILES string of the molecule is C=CC[SiH]1O[SiH2]O[Si](CC=C)(CC=C)O1. The van der Waals surface area contributed by atoms with Crippen molar-refractivity contribution in [3.63, 3.8) is 0 Å². The van der Waals surface area contributed by atoms with Gasteiger partial charge in [-0.3, -0.25) is 0 Å². The van der Waals surface area contributed by atoms with Gasteiger partial charge < -0.3 is 12.3 Å². The van der Waals surface area contributed by atoms with Gasteiger partial charge in [0, 0.05) is 18.1 Å². The highest BCUT2D eigenvalue weighted by Crippen LogP contribution is 2.25. The second kappa shape index (κ2) is 6.36. The van der Waals surface area contributed by atoms with E-state index in [0.717, 1.165) is 18.1 Å². The molecule has 3 nitrogen and oxygen atoms in total. The zero-order valence-electron chi connectivity index (χ0n) is 8.98. The topological polar surface area (TPSA) is 27.7 Å². The molecule has 0 aromatic heterocycles. The number of allylic oxidation sites excluding steroid dienone is 3. The Hall–Kier alpha value is -0.249. The molecule has 1 aliphatic heterocycles. The minimum absolute atomic E-state index is 0.829. The van der Waals surface area contributed by atoms with E-state index in [1.165, 1.54) is 0 Å². The van der Waals surface area contributed by atoms with Crippen LogP contribution in [0.3, 0.4) is 0 Å². The molecule has 1 atom stereocenters. The third-order valence-corrected chi connectivity index (χ3v) is 12.1. The van der Waals surface area contributed by atoms with Crippen LogP contribution in [0.5, 0.6) is 0 Å². The van der Waals surface area contributed by atoms with Crippen molar-refractivity contribution in [2.24, 2.45) is 0 Å². The maximum absolute atomic E-state index is 6.05. The summed E-state index contributed by atoms with van der Waals surface area (Å²) in [5, 5.41) is 0. The summed E-state index contributed by atoms with van der Waals surface area (Å²) >= 11 is 0. The van der Waals surface area contributed by atoms with Crippen LogP contribution in [0.15, 0.2) is 38.0 Å². The van der Waals surface area contributed by atoms with Crippen LogP contribution >= 0.6 is 0 Å². The van der Waals surface area contributed by atoms with Gasteiger partial charge in [-0.25, -0.2) is 0 Å². The largest absolute Gasteiger partial charge is 0.422 e. The van der Waals surface area contributed by atoms with Gasteiger partial charge in [-0.05, 0) is 0 Å². The Labute approximate surface area is 96.6 Å². The van der Waals surface area contributed by atoms with Crippen LogP contribution < -0.4 is 0 Å². The van der Waals surface area contributed by atoms with Crippen LogP contribution in [0.25, 0.3) is 0 Å². The molecule has 1 heterocycles. The molecular weight excluding hydrogens is 240 g/mol. The summed E-state index contributed by atoms with van der Waals surface area (Å²) in [5.74, 6) is 0. The fourth-order valence-electron chi connectivity index (χ4n) is 1.51. The van der Waals surface area contributed by atoms with Gasteiger partial charge in [-0.1, -0.05) is 18.2 Å². The van der Waals surface area contributed by atoms with Crippen LogP contribution in [-0.4, -0.2) is 27.9 Å². The van der Waals surface area contributed by atoms with E-state index >= 15 is 0 Å². The van der Waals surface area contributed by atoms with Crippen molar-refractivity contribution in [2.45, 2.75) is 18.1 Å². The van der Waals surface area contributed by atoms with E-state index in [4.69, 9.17) is 12.3 Å². The molecule has 1 rings (SSSR count). The van der Waals surface area contributed by atoms with Crippen molar-refractivity contribution >= 4 is 27.9 Å². The molecule has 15 heavy (non-hydrogen) atoms. The van der Waals surface area contributed by atoms with Gasteiger partial charge in [0.05, 0.1) is 0 Å². The van der Waals surface area contributed by atoms with Crippen molar-refractivity contribution in [3.8, 4) is 0 Å². The second-order valence-corrected chi connectivity index (χ2v) is 11.0. The number of hydrogen-bond donors (Lipinski definition) is 0. The third-order valence-electron chi connectivity index (χ3n) is 2.19. The Morgan fingerprint density at radius 1 is 1.13 bits per heavy atom. The van der Waals surface area contributed by atoms with Crippen LogP contribution in [0.2, 0.25) is 18.1 Å². The van der Waals surface area contributed by atoms with E-state index in [2.05, 4.69) is 19.7 Å². The van der Waals surface area contributed by atoms with E-state index in [0.29, 0.717) is 0 Å². The monoisotopic (exact) mass is 258 g/mol. The third kappa shape index (κ3) is 3.67. The van der Waals surface area contributed by atoms with Crippen molar-refractivity contribution < 1.29 is 12.3 Å². The molecule has 6 heteroatoms. The molecule has 0 N–H and O–H groups in total. The summed E-state index contributed by atoms with van der Waals surface area (Å²) in [4.78, 5) is 0. The lowest BCUT2D eigenvalue weighted by Crippen LogP contribution is -2.53. The van der Waals surface area contributed by atoms with Crippen LogP contribution in [0.1, 0.15) is 0 Å². The first kappa shape index (κ1) is 12.8. The van der Waals surface area contributed by atoms with Crippen molar-refractivity contribution in [1.29, 1.82) is 0 Å². The molecule has 0 radical (unpaired) electrons. The molecule has 0 bridgehead atoms. The maximum atomic E-state index is 6.05. The van der Waals surface area contributed by atoms with E-state index < -0.39 is 27.9 Å². The first-order valence-electron chi connectivity index (χ1n) is 5.02. The summed E-state index contributed by atoms with van der Waals surface area (Å²) in [7, 11) is -4.45. The minimum atomic E-state index is -2.07. The molecule has 0 aliphatic carbocycles. The standard InChI is InChI=1S/C9H18O3Si3/c1-4-7-14-10-13-11-15(12-14,8-5-2)9-6-3/h4-6,14H,1-3,7-9,13H2. The van der Waals surface area contributed by atoms with Crippen molar-refractivity contribution in [3.05, 3.63) is 38.0 Å². The van der Waals surface area contributed by atoms with Gasteiger partial charge in [0.25, 0.3) is 10.0 Å². The maximum Gasteiger partial charge on any atom is 0.327 e. The Kier molecular flexibility index (Phi) is 5.43. The van der Waals surface area contributed by atoms with E-state index in [-0.39, 0.29) is 0 Å². The second-order valence-electron chi connectivity index (χ2n) is 3.40.